The van der Waals surface area contributed by atoms with Gasteiger partial charge in [0.1, 0.15) is 0 Å². The number of nitrogens with one attached hydrogen (secondary N) is 1. The highest BCUT2D eigenvalue weighted by atomic mass is 16.3. The molecule has 0 aliphatic heterocycles. The first-order valence-corrected chi connectivity index (χ1v) is 30.0. The summed E-state index contributed by atoms with van der Waals surface area (Å²) in [5.74, 6) is -0.0254. The van der Waals surface area contributed by atoms with Gasteiger partial charge in [0.15, 0.2) is 0 Å². The van der Waals surface area contributed by atoms with Gasteiger partial charge in [-0.3, -0.25) is 4.79 Å². The molecule has 0 heterocycles. The van der Waals surface area contributed by atoms with Crippen LogP contribution in [0.15, 0.2) is 24.3 Å². The number of aliphatic hydroxyl groups excluding tert-OH is 2. The molecule has 1 amide bonds. The molecule has 386 valence electrons. The number of rotatable bonds is 56. The largest absolute Gasteiger partial charge is 0.394 e. The van der Waals surface area contributed by atoms with Gasteiger partial charge < -0.3 is 15.5 Å². The van der Waals surface area contributed by atoms with Crippen LogP contribution in [0.5, 0.6) is 0 Å². The van der Waals surface area contributed by atoms with Crippen LogP contribution in [0, 0.1) is 0 Å². The molecule has 4 heteroatoms. The summed E-state index contributed by atoms with van der Waals surface area (Å²) in [7, 11) is 0. The minimum absolute atomic E-state index is 0.0254. The minimum atomic E-state index is -0.659. The van der Waals surface area contributed by atoms with Gasteiger partial charge in [0.25, 0.3) is 0 Å². The van der Waals surface area contributed by atoms with Crippen LogP contribution in [0.3, 0.4) is 0 Å². The summed E-state index contributed by atoms with van der Waals surface area (Å²) in [5, 5.41) is 23.4. The van der Waals surface area contributed by atoms with Crippen LogP contribution in [-0.2, 0) is 4.79 Å². The number of allylic oxidation sites excluding steroid dienone is 4. The fraction of sp³-hybridized carbons (Fsp3) is 0.918. The molecule has 2 unspecified atom stereocenters. The Morgan fingerprint density at radius 1 is 0.369 bits per heavy atom. The summed E-state index contributed by atoms with van der Waals surface area (Å²) in [6.45, 7) is 4.40. The molecule has 0 aromatic rings. The number of hydrogen-bond donors (Lipinski definition) is 3. The second kappa shape index (κ2) is 57.2. The van der Waals surface area contributed by atoms with Gasteiger partial charge in [0.2, 0.25) is 5.91 Å². The lowest BCUT2D eigenvalue weighted by atomic mass is 10.0. The van der Waals surface area contributed by atoms with Gasteiger partial charge >= 0.3 is 0 Å². The SMILES string of the molecule is CCCCCCCCCCC/C=C\C/C=C\CCCCCCCCCCCCCCCCCC(=O)NC(CO)C(O)CCCCCCCCCCCCCCCCCCCCCCCC. The lowest BCUT2D eigenvalue weighted by Crippen LogP contribution is -2.45. The fourth-order valence-corrected chi connectivity index (χ4v) is 9.63. The van der Waals surface area contributed by atoms with Crippen molar-refractivity contribution in [3.63, 3.8) is 0 Å². The van der Waals surface area contributed by atoms with E-state index < -0.39 is 12.1 Å². The molecule has 0 aliphatic rings. The molecule has 0 aromatic carbocycles. The maximum absolute atomic E-state index is 12.5. The average molecular weight is 915 g/mol. The first kappa shape index (κ1) is 63.9. The summed E-state index contributed by atoms with van der Waals surface area (Å²) in [4.78, 5) is 12.5. The van der Waals surface area contributed by atoms with Gasteiger partial charge in [-0.05, 0) is 44.9 Å². The molecule has 65 heavy (non-hydrogen) atoms. The Morgan fingerprint density at radius 3 is 0.923 bits per heavy atom. The number of carbonyl (C=O) groups is 1. The van der Waals surface area contributed by atoms with Crippen LogP contribution >= 0.6 is 0 Å². The molecule has 0 radical (unpaired) electrons. The summed E-state index contributed by atoms with van der Waals surface area (Å²) in [6.07, 6.45) is 76.1. The van der Waals surface area contributed by atoms with Crippen molar-refractivity contribution in [3.05, 3.63) is 24.3 Å². The van der Waals surface area contributed by atoms with Crippen LogP contribution in [0.4, 0.5) is 0 Å². The number of hydrogen-bond acceptors (Lipinski definition) is 3. The van der Waals surface area contributed by atoms with Gasteiger partial charge in [-0.15, -0.1) is 0 Å². The highest BCUT2D eigenvalue weighted by Gasteiger charge is 2.20. The minimum Gasteiger partial charge on any atom is -0.394 e. The van der Waals surface area contributed by atoms with Gasteiger partial charge in [-0.25, -0.2) is 0 Å². The molecule has 0 spiro atoms. The van der Waals surface area contributed by atoms with Crippen molar-refractivity contribution in [1.29, 1.82) is 0 Å². The van der Waals surface area contributed by atoms with Crippen molar-refractivity contribution in [2.45, 2.75) is 353 Å². The first-order chi connectivity index (χ1) is 32.2. The second-order valence-electron chi connectivity index (χ2n) is 20.8. The predicted molar refractivity (Wildman–Crippen MR) is 290 cm³/mol. The topological polar surface area (TPSA) is 69.6 Å². The molecule has 3 N–H and O–H groups in total. The van der Waals surface area contributed by atoms with E-state index in [1.54, 1.807) is 0 Å². The molecule has 0 aliphatic carbocycles. The average Bonchev–Trinajstić information content (AvgIpc) is 3.31. The number of aliphatic hydroxyl groups is 2. The Kier molecular flexibility index (Phi) is 56.2. The third kappa shape index (κ3) is 53.7. The van der Waals surface area contributed by atoms with E-state index in [9.17, 15) is 15.0 Å². The Morgan fingerprint density at radius 2 is 0.631 bits per heavy atom. The van der Waals surface area contributed by atoms with Crippen LogP contribution in [0.1, 0.15) is 341 Å². The highest BCUT2D eigenvalue weighted by molar-refractivity contribution is 5.76. The molecule has 0 saturated carbocycles. The Balaban J connectivity index is 3.42. The van der Waals surface area contributed by atoms with Crippen LogP contribution in [0.2, 0.25) is 0 Å². The smallest absolute Gasteiger partial charge is 0.220 e. The normalized spacial score (nSPS) is 12.9. The van der Waals surface area contributed by atoms with Crippen LogP contribution in [-0.4, -0.2) is 34.9 Å². The van der Waals surface area contributed by atoms with E-state index in [0.717, 1.165) is 32.1 Å². The van der Waals surface area contributed by atoms with Gasteiger partial charge in [0, 0.05) is 6.42 Å². The van der Waals surface area contributed by atoms with Gasteiger partial charge in [0.05, 0.1) is 18.8 Å². The van der Waals surface area contributed by atoms with E-state index in [-0.39, 0.29) is 12.5 Å². The molecule has 0 fully saturated rings. The summed E-state index contributed by atoms with van der Waals surface area (Å²) >= 11 is 0. The van der Waals surface area contributed by atoms with Crippen LogP contribution < -0.4 is 5.32 Å². The summed E-state index contributed by atoms with van der Waals surface area (Å²) in [5.41, 5.74) is 0. The molecule has 0 saturated heterocycles. The van der Waals surface area contributed by atoms with E-state index in [1.807, 2.05) is 0 Å². The monoisotopic (exact) mass is 914 g/mol. The summed E-state index contributed by atoms with van der Waals surface area (Å²) < 4.78 is 0. The standard InChI is InChI=1S/C61H119NO3/c1-3-5-7-9-11-13-15-17-19-21-23-25-27-28-29-30-31-32-33-34-35-37-39-41-43-45-47-49-51-53-55-57-61(65)62-59(58-63)60(64)56-54-52-50-48-46-44-42-40-38-36-26-24-22-20-18-16-14-12-10-8-6-4-2/h23,25,28-29,59-60,63-64H,3-22,24,26-27,30-58H2,1-2H3,(H,62,65)/b25-23-,29-28-. The zero-order valence-electron chi connectivity index (χ0n) is 44.5. The molecule has 0 bridgehead atoms. The molecule has 0 aromatic heterocycles. The number of carbonyl (C=O) groups excluding carboxylic acids is 1. The van der Waals surface area contributed by atoms with Crippen molar-refractivity contribution in [1.82, 2.24) is 5.32 Å². The van der Waals surface area contributed by atoms with E-state index >= 15 is 0 Å². The number of amides is 1. The lowest BCUT2D eigenvalue weighted by molar-refractivity contribution is -0.123. The van der Waals surface area contributed by atoms with E-state index in [4.69, 9.17) is 0 Å². The number of unbranched alkanes of at least 4 members (excludes halogenated alkanes) is 45. The zero-order valence-corrected chi connectivity index (χ0v) is 44.5. The van der Waals surface area contributed by atoms with E-state index in [0.29, 0.717) is 12.8 Å². The Hall–Kier alpha value is -1.13. The van der Waals surface area contributed by atoms with Crippen molar-refractivity contribution < 1.29 is 15.0 Å². The lowest BCUT2D eigenvalue weighted by Gasteiger charge is -2.22. The van der Waals surface area contributed by atoms with Crippen molar-refractivity contribution in [2.24, 2.45) is 0 Å². The molecular formula is C61H119NO3. The third-order valence-corrected chi connectivity index (χ3v) is 14.2. The molecular weight excluding hydrogens is 795 g/mol. The van der Waals surface area contributed by atoms with Gasteiger partial charge in [-0.1, -0.05) is 314 Å². The zero-order chi connectivity index (χ0) is 47.0. The van der Waals surface area contributed by atoms with Crippen LogP contribution in [0.25, 0.3) is 0 Å². The third-order valence-electron chi connectivity index (χ3n) is 14.2. The van der Waals surface area contributed by atoms with Crippen molar-refractivity contribution in [2.75, 3.05) is 6.61 Å². The Bertz CT molecular complexity index is 947. The fourth-order valence-electron chi connectivity index (χ4n) is 9.63. The maximum Gasteiger partial charge on any atom is 0.220 e. The first-order valence-electron chi connectivity index (χ1n) is 30.0. The Labute approximate surface area is 409 Å². The molecule has 2 atom stereocenters. The quantitative estimate of drug-likeness (QED) is 0.0421. The van der Waals surface area contributed by atoms with E-state index in [1.165, 1.54) is 283 Å². The molecule has 4 nitrogen and oxygen atoms in total. The second-order valence-corrected chi connectivity index (χ2v) is 20.8. The van der Waals surface area contributed by atoms with Gasteiger partial charge in [-0.2, -0.15) is 0 Å². The van der Waals surface area contributed by atoms with Crippen molar-refractivity contribution in [3.8, 4) is 0 Å². The van der Waals surface area contributed by atoms with E-state index in [2.05, 4.69) is 43.5 Å². The highest BCUT2D eigenvalue weighted by Crippen LogP contribution is 2.18. The maximum atomic E-state index is 12.5. The van der Waals surface area contributed by atoms with Crippen molar-refractivity contribution >= 4 is 5.91 Å². The molecule has 0 rings (SSSR count). The summed E-state index contributed by atoms with van der Waals surface area (Å²) in [6, 6.07) is -0.535. The predicted octanol–water partition coefficient (Wildman–Crippen LogP) is 19.9.